The number of alkyl halides is 6. The van der Waals surface area contributed by atoms with E-state index in [1.54, 1.807) is 32.3 Å². The van der Waals surface area contributed by atoms with Crippen molar-refractivity contribution in [3.05, 3.63) is 76.6 Å². The Morgan fingerprint density at radius 2 is 1.15 bits per heavy atom. The summed E-state index contributed by atoms with van der Waals surface area (Å²) in [7, 11) is 0. The van der Waals surface area contributed by atoms with Crippen LogP contribution in [0.15, 0.2) is 54.9 Å². The van der Waals surface area contributed by atoms with E-state index in [4.69, 9.17) is 11.6 Å². The molecule has 9 nitrogen and oxygen atoms in total. The third-order valence-electron chi connectivity index (χ3n) is 5.78. The Morgan fingerprint density at radius 1 is 0.667 bits per heavy atom. The van der Waals surface area contributed by atoms with Crippen molar-refractivity contribution < 1.29 is 31.1 Å². The average Bonchev–Trinajstić information content (AvgIpc) is 2.91. The van der Waals surface area contributed by atoms with Gasteiger partial charge in [0.25, 0.3) is 0 Å². The van der Waals surface area contributed by atoms with Crippen molar-refractivity contribution in [3.8, 4) is 5.75 Å². The van der Waals surface area contributed by atoms with Crippen molar-refractivity contribution >= 4 is 46.5 Å². The number of halogens is 7. The number of hydrogen-bond acceptors (Lipinski definition) is 9. The number of benzene rings is 2. The molecule has 0 saturated carbocycles. The van der Waals surface area contributed by atoms with E-state index in [-0.39, 0.29) is 27.5 Å². The van der Waals surface area contributed by atoms with Crippen LogP contribution in [0.3, 0.4) is 0 Å². The van der Waals surface area contributed by atoms with Crippen LogP contribution < -0.4 is 26.0 Å². The summed E-state index contributed by atoms with van der Waals surface area (Å²) in [6.45, 7) is 15.4. The van der Waals surface area contributed by atoms with Gasteiger partial charge in [-0.25, -0.2) is 9.97 Å². The Labute approximate surface area is 279 Å². The molecule has 0 unspecified atom stereocenters. The van der Waals surface area contributed by atoms with Crippen molar-refractivity contribution in [1.82, 2.24) is 19.9 Å². The van der Waals surface area contributed by atoms with Crippen LogP contribution in [0.1, 0.15) is 58.2 Å². The largest absolute Gasteiger partial charge is 0.573 e. The average molecular weight is 699 g/mol. The van der Waals surface area contributed by atoms with E-state index in [2.05, 4.69) is 45.9 Å². The number of nitrogens with zero attached hydrogens (tertiary/aromatic N) is 4. The minimum absolute atomic E-state index is 0.215. The first kappa shape index (κ1) is 37.9. The summed E-state index contributed by atoms with van der Waals surface area (Å²) < 4.78 is 79.7. The van der Waals surface area contributed by atoms with Gasteiger partial charge < -0.3 is 26.0 Å². The Kier molecular flexibility index (Phi) is 11.6. The van der Waals surface area contributed by atoms with Crippen LogP contribution in [0, 0.1) is 13.8 Å². The first-order valence-electron chi connectivity index (χ1n) is 14.5. The molecule has 48 heavy (non-hydrogen) atoms. The summed E-state index contributed by atoms with van der Waals surface area (Å²) in [5.41, 5.74) is 0.794. The predicted octanol–water partition coefficient (Wildman–Crippen LogP) is 10.0. The van der Waals surface area contributed by atoms with Crippen LogP contribution in [-0.4, -0.2) is 37.4 Å². The number of ether oxygens (including phenoxy) is 1. The highest BCUT2D eigenvalue weighted by Crippen LogP contribution is 2.37. The molecule has 0 aliphatic heterocycles. The first-order chi connectivity index (χ1) is 22.0. The number of rotatable bonds is 7. The smallest absolute Gasteiger partial charge is 0.406 e. The second-order valence-corrected chi connectivity index (χ2v) is 13.1. The van der Waals surface area contributed by atoms with Crippen molar-refractivity contribution in [2.45, 2.75) is 79.0 Å². The summed E-state index contributed by atoms with van der Waals surface area (Å²) >= 11 is 5.63. The van der Waals surface area contributed by atoms with Gasteiger partial charge in [0.15, 0.2) is 0 Å². The molecule has 4 N–H and O–H groups in total. The second kappa shape index (κ2) is 14.7. The van der Waals surface area contributed by atoms with Gasteiger partial charge in [0.05, 0.1) is 10.6 Å². The highest BCUT2D eigenvalue weighted by molar-refractivity contribution is 6.31. The molecule has 0 fully saturated rings. The van der Waals surface area contributed by atoms with Crippen LogP contribution in [0.2, 0.25) is 5.02 Å². The Bertz CT molecular complexity index is 1700. The topological polar surface area (TPSA) is 109 Å². The van der Waals surface area contributed by atoms with Gasteiger partial charge in [-0.2, -0.15) is 23.1 Å². The van der Waals surface area contributed by atoms with Gasteiger partial charge in [-0.3, -0.25) is 0 Å². The van der Waals surface area contributed by atoms with Gasteiger partial charge in [-0.15, -0.1) is 13.2 Å². The van der Waals surface area contributed by atoms with E-state index in [9.17, 15) is 26.3 Å². The normalized spacial score (nSPS) is 12.1. The highest BCUT2D eigenvalue weighted by atomic mass is 35.5. The standard InChI is InChI=1S/C16H18ClF3N4.C16H19F3N4O/c1-9-8-21-14(24-15(2,3)4)23-13(9)22-10-5-6-12(17)11(7-10)16(18,19)20;1-10-9-20-14(23-15(2,3)4)22-13(10)21-11-6-5-7-12(8-11)24-16(17,18)19/h5-8H,1-4H3,(H2,21,22,23,24);5-9H,1-4H3,(H2,20,21,22,23). The Hall–Kier alpha value is -4.53. The zero-order valence-electron chi connectivity index (χ0n) is 27.5. The van der Waals surface area contributed by atoms with Crippen molar-refractivity contribution in [3.63, 3.8) is 0 Å². The maximum atomic E-state index is 12.9. The number of hydrogen-bond donors (Lipinski definition) is 4. The Balaban J connectivity index is 0.000000260. The van der Waals surface area contributed by atoms with Crippen LogP contribution in [0.25, 0.3) is 0 Å². The van der Waals surface area contributed by atoms with E-state index in [0.29, 0.717) is 34.8 Å². The zero-order valence-corrected chi connectivity index (χ0v) is 28.3. The predicted molar refractivity (Wildman–Crippen MR) is 176 cm³/mol. The molecule has 0 saturated heterocycles. The molecule has 2 heterocycles. The van der Waals surface area contributed by atoms with E-state index < -0.39 is 18.1 Å². The van der Waals surface area contributed by atoms with Crippen LogP contribution in [-0.2, 0) is 6.18 Å². The lowest BCUT2D eigenvalue weighted by molar-refractivity contribution is -0.274. The number of anilines is 6. The molecule has 0 bridgehead atoms. The molecule has 0 aliphatic rings. The van der Waals surface area contributed by atoms with Gasteiger partial charge in [0, 0.05) is 52.0 Å². The van der Waals surface area contributed by atoms with Gasteiger partial charge in [0.2, 0.25) is 11.9 Å². The molecule has 2 aromatic heterocycles. The molecule has 4 rings (SSSR count). The summed E-state index contributed by atoms with van der Waals surface area (Å²) in [4.78, 5) is 17.1. The highest BCUT2D eigenvalue weighted by Gasteiger charge is 2.33. The van der Waals surface area contributed by atoms with Gasteiger partial charge in [0.1, 0.15) is 17.4 Å². The van der Waals surface area contributed by atoms with Gasteiger partial charge >= 0.3 is 12.5 Å². The van der Waals surface area contributed by atoms with Crippen molar-refractivity contribution in [2.24, 2.45) is 0 Å². The monoisotopic (exact) mass is 698 g/mol. The fourth-order valence-electron chi connectivity index (χ4n) is 3.79. The summed E-state index contributed by atoms with van der Waals surface area (Å²) in [6, 6.07) is 9.22. The van der Waals surface area contributed by atoms with Crippen LogP contribution >= 0.6 is 11.6 Å². The lowest BCUT2D eigenvalue weighted by Gasteiger charge is -2.21. The molecule has 260 valence electrons. The SMILES string of the molecule is Cc1cnc(NC(C)(C)C)nc1Nc1ccc(Cl)c(C(F)(F)F)c1.Cc1cnc(NC(C)(C)C)nc1Nc1cccc(OC(F)(F)F)c1. The fraction of sp³-hybridized carbons (Fsp3) is 0.375. The molecule has 0 radical (unpaired) electrons. The van der Waals surface area contributed by atoms with Crippen LogP contribution in [0.4, 0.5) is 61.2 Å². The van der Waals surface area contributed by atoms with Gasteiger partial charge in [-0.05, 0) is 85.7 Å². The summed E-state index contributed by atoms with van der Waals surface area (Å²) in [5, 5.41) is 11.8. The third kappa shape index (κ3) is 12.6. The van der Waals surface area contributed by atoms with Crippen molar-refractivity contribution in [1.29, 1.82) is 0 Å². The molecular formula is C32H37ClF6N8O. The van der Waals surface area contributed by atoms with Gasteiger partial charge in [-0.1, -0.05) is 17.7 Å². The summed E-state index contributed by atoms with van der Waals surface area (Å²) in [5.74, 6) is 1.44. The Morgan fingerprint density at radius 3 is 1.58 bits per heavy atom. The zero-order chi connectivity index (χ0) is 36.1. The maximum Gasteiger partial charge on any atom is 0.573 e. The quantitative estimate of drug-likeness (QED) is 0.140. The minimum Gasteiger partial charge on any atom is -0.406 e. The lowest BCUT2D eigenvalue weighted by atomic mass is 10.1. The van der Waals surface area contributed by atoms with E-state index in [0.717, 1.165) is 11.6 Å². The maximum absolute atomic E-state index is 12.9. The molecule has 4 aromatic rings. The third-order valence-corrected chi connectivity index (χ3v) is 6.11. The van der Waals surface area contributed by atoms with E-state index >= 15 is 0 Å². The fourth-order valence-corrected chi connectivity index (χ4v) is 4.02. The first-order valence-corrected chi connectivity index (χ1v) is 14.9. The molecule has 0 spiro atoms. The number of aryl methyl sites for hydroxylation is 2. The lowest BCUT2D eigenvalue weighted by Crippen LogP contribution is -2.27. The number of aromatic nitrogens is 4. The van der Waals surface area contributed by atoms with E-state index in [1.165, 1.54) is 30.3 Å². The van der Waals surface area contributed by atoms with Crippen molar-refractivity contribution in [2.75, 3.05) is 21.3 Å². The summed E-state index contributed by atoms with van der Waals surface area (Å²) in [6.07, 6.45) is -6.01. The molecule has 16 heteroatoms. The number of nitrogens with one attached hydrogen (secondary N) is 4. The molecule has 2 aromatic carbocycles. The van der Waals surface area contributed by atoms with Crippen LogP contribution in [0.5, 0.6) is 5.75 Å². The molecular weight excluding hydrogens is 662 g/mol. The second-order valence-electron chi connectivity index (χ2n) is 12.7. The molecule has 0 atom stereocenters. The van der Waals surface area contributed by atoms with E-state index in [1.807, 2.05) is 41.5 Å². The minimum atomic E-state index is -4.73. The molecule has 0 amide bonds. The molecule has 0 aliphatic carbocycles.